The maximum absolute atomic E-state index is 11.5. The highest BCUT2D eigenvalue weighted by Gasteiger charge is 2.07. The Morgan fingerprint density at radius 2 is 2.13 bits per heavy atom. The molecule has 1 aromatic heterocycles. The number of carbonyl (C=O) groups is 1. The minimum Gasteiger partial charge on any atom is -0.475 e. The molecule has 0 spiro atoms. The van der Waals surface area contributed by atoms with Crippen LogP contribution >= 0.6 is 0 Å². The van der Waals surface area contributed by atoms with Crippen LogP contribution in [0.5, 0.6) is 5.88 Å². The number of carbonyl (C=O) groups excluding carboxylic acids is 1. The van der Waals surface area contributed by atoms with Crippen molar-refractivity contribution >= 4 is 11.5 Å². The number of ketones is 1. The van der Waals surface area contributed by atoms with Gasteiger partial charge in [0.2, 0.25) is 5.88 Å². The highest BCUT2D eigenvalue weighted by atomic mass is 16.5. The van der Waals surface area contributed by atoms with E-state index in [4.69, 9.17) is 10.00 Å². The molecule has 1 N–H and O–H groups in total. The number of nitrogens with one attached hydrogen (secondary N) is 1. The summed E-state index contributed by atoms with van der Waals surface area (Å²) in [5.74, 6) is 0.550. The van der Waals surface area contributed by atoms with E-state index in [2.05, 4.69) is 16.4 Å². The van der Waals surface area contributed by atoms with Gasteiger partial charge in [0.05, 0.1) is 17.4 Å². The molecule has 0 bridgehead atoms. The smallest absolute Gasteiger partial charge is 0.213 e. The summed E-state index contributed by atoms with van der Waals surface area (Å²) in [5, 5.41) is 12.3. The number of hydrogen-bond donors (Lipinski definition) is 1. The summed E-state index contributed by atoms with van der Waals surface area (Å²) in [6.45, 7) is 5.90. The quantitative estimate of drug-likeness (QED) is 0.826. The van der Waals surface area contributed by atoms with Gasteiger partial charge in [-0.15, -0.1) is 0 Å². The third-order valence-corrected chi connectivity index (χ3v) is 3.18. The van der Waals surface area contributed by atoms with E-state index in [9.17, 15) is 4.79 Å². The number of rotatable bonds is 6. The maximum atomic E-state index is 11.5. The van der Waals surface area contributed by atoms with Crippen LogP contribution in [0, 0.1) is 11.3 Å². The van der Waals surface area contributed by atoms with E-state index in [1.807, 2.05) is 26.0 Å². The van der Waals surface area contributed by atoms with Crippen molar-refractivity contribution in [3.8, 4) is 11.9 Å². The minimum absolute atomic E-state index is 0.0330. The largest absolute Gasteiger partial charge is 0.475 e. The van der Waals surface area contributed by atoms with Gasteiger partial charge in [0.15, 0.2) is 5.78 Å². The first-order valence-corrected chi connectivity index (χ1v) is 7.40. The van der Waals surface area contributed by atoms with Crippen LogP contribution in [0.15, 0.2) is 36.5 Å². The fraction of sp³-hybridized carbons (Fsp3) is 0.278. The van der Waals surface area contributed by atoms with E-state index in [0.717, 1.165) is 5.56 Å². The van der Waals surface area contributed by atoms with Crippen molar-refractivity contribution in [1.82, 2.24) is 4.98 Å². The van der Waals surface area contributed by atoms with E-state index in [-0.39, 0.29) is 11.9 Å². The second-order valence-electron chi connectivity index (χ2n) is 5.45. The monoisotopic (exact) mass is 309 g/mol. The van der Waals surface area contributed by atoms with Crippen LogP contribution in [-0.2, 0) is 6.54 Å². The first-order chi connectivity index (χ1) is 11.0. The molecule has 0 atom stereocenters. The normalized spacial score (nSPS) is 10.2. The van der Waals surface area contributed by atoms with Gasteiger partial charge in [-0.2, -0.15) is 5.26 Å². The molecule has 0 aliphatic heterocycles. The molecule has 0 aliphatic rings. The number of Topliss-reactive ketones (excluding diaryl/α,β-unsaturated/α-hetero) is 1. The van der Waals surface area contributed by atoms with Crippen LogP contribution in [-0.4, -0.2) is 16.9 Å². The molecule has 0 fully saturated rings. The molecule has 2 aromatic rings. The summed E-state index contributed by atoms with van der Waals surface area (Å²) in [7, 11) is 0. The first-order valence-electron chi connectivity index (χ1n) is 7.40. The second-order valence-corrected chi connectivity index (χ2v) is 5.45. The van der Waals surface area contributed by atoms with Crippen LogP contribution in [0.4, 0.5) is 5.69 Å². The Morgan fingerprint density at radius 3 is 2.70 bits per heavy atom. The fourth-order valence-electron chi connectivity index (χ4n) is 2.03. The van der Waals surface area contributed by atoms with E-state index in [1.54, 1.807) is 24.4 Å². The van der Waals surface area contributed by atoms with Crippen molar-refractivity contribution in [1.29, 1.82) is 5.26 Å². The number of pyridine rings is 1. The number of benzene rings is 1. The van der Waals surface area contributed by atoms with Crippen LogP contribution in [0.1, 0.15) is 42.3 Å². The first kappa shape index (κ1) is 16.5. The number of nitrogens with zero attached hydrogens (tertiary/aromatic N) is 2. The average molecular weight is 309 g/mol. The fourth-order valence-corrected chi connectivity index (χ4v) is 2.03. The zero-order valence-corrected chi connectivity index (χ0v) is 13.5. The molecule has 0 radical (unpaired) electrons. The van der Waals surface area contributed by atoms with Crippen molar-refractivity contribution in [3.05, 3.63) is 53.2 Å². The maximum Gasteiger partial charge on any atom is 0.213 e. The molecule has 1 heterocycles. The molecular formula is C18H19N3O2. The lowest BCUT2D eigenvalue weighted by molar-refractivity contribution is 0.101. The highest BCUT2D eigenvalue weighted by Crippen LogP contribution is 2.19. The lowest BCUT2D eigenvalue weighted by Gasteiger charge is -2.11. The summed E-state index contributed by atoms with van der Waals surface area (Å²) >= 11 is 0. The zero-order valence-electron chi connectivity index (χ0n) is 13.5. The van der Waals surface area contributed by atoms with Crippen molar-refractivity contribution in [3.63, 3.8) is 0 Å². The molecular weight excluding hydrogens is 290 g/mol. The standard InChI is InChI=1S/C18H19N3O2/c1-12(2)23-18-7-4-14(11-21-18)10-20-17-8-15(13(3)22)5-6-16(17)9-19/h4-8,11-12,20H,10H2,1-3H3. The molecule has 5 heteroatoms. The Hall–Kier alpha value is -2.87. The van der Waals surface area contributed by atoms with E-state index >= 15 is 0 Å². The van der Waals surface area contributed by atoms with E-state index in [0.29, 0.717) is 29.2 Å². The van der Waals surface area contributed by atoms with Crippen LogP contribution in [0.25, 0.3) is 0 Å². The molecule has 0 saturated heterocycles. The Kier molecular flexibility index (Phi) is 5.32. The second kappa shape index (κ2) is 7.41. The van der Waals surface area contributed by atoms with Crippen LogP contribution in [0.3, 0.4) is 0 Å². The highest BCUT2D eigenvalue weighted by molar-refractivity contribution is 5.95. The van der Waals surface area contributed by atoms with Gasteiger partial charge in [-0.3, -0.25) is 4.79 Å². The molecule has 2 rings (SSSR count). The van der Waals surface area contributed by atoms with E-state index in [1.165, 1.54) is 6.92 Å². The zero-order chi connectivity index (χ0) is 16.8. The summed E-state index contributed by atoms with van der Waals surface area (Å²) in [5.41, 5.74) is 2.67. The Balaban J connectivity index is 2.09. The summed E-state index contributed by atoms with van der Waals surface area (Å²) in [6, 6.07) is 10.9. The molecule has 0 amide bonds. The van der Waals surface area contributed by atoms with Gasteiger partial charge in [0, 0.05) is 24.4 Å². The summed E-state index contributed by atoms with van der Waals surface area (Å²) in [4.78, 5) is 15.7. The van der Waals surface area contributed by atoms with Crippen LogP contribution < -0.4 is 10.1 Å². The Bertz CT molecular complexity index is 731. The third kappa shape index (κ3) is 4.55. The van der Waals surface area contributed by atoms with E-state index < -0.39 is 0 Å². The van der Waals surface area contributed by atoms with Crippen molar-refractivity contribution in [2.75, 3.05) is 5.32 Å². The van der Waals surface area contributed by atoms with Gasteiger partial charge in [-0.25, -0.2) is 4.98 Å². The molecule has 118 valence electrons. The van der Waals surface area contributed by atoms with Gasteiger partial charge >= 0.3 is 0 Å². The molecule has 1 aromatic carbocycles. The molecule has 23 heavy (non-hydrogen) atoms. The lowest BCUT2D eigenvalue weighted by atomic mass is 10.1. The number of aromatic nitrogens is 1. The van der Waals surface area contributed by atoms with Crippen molar-refractivity contribution in [2.24, 2.45) is 0 Å². The molecule has 0 saturated carbocycles. The van der Waals surface area contributed by atoms with Gasteiger partial charge in [-0.05, 0) is 44.5 Å². The average Bonchev–Trinajstić information content (AvgIpc) is 2.53. The van der Waals surface area contributed by atoms with Gasteiger partial charge in [0.1, 0.15) is 6.07 Å². The topological polar surface area (TPSA) is 75.0 Å². The van der Waals surface area contributed by atoms with Gasteiger partial charge < -0.3 is 10.1 Å². The number of anilines is 1. The molecule has 5 nitrogen and oxygen atoms in total. The predicted molar refractivity (Wildman–Crippen MR) is 88.5 cm³/mol. The number of ether oxygens (including phenoxy) is 1. The number of nitriles is 1. The summed E-state index contributed by atoms with van der Waals surface area (Å²) < 4.78 is 5.50. The van der Waals surface area contributed by atoms with Gasteiger partial charge in [-0.1, -0.05) is 6.07 Å². The third-order valence-electron chi connectivity index (χ3n) is 3.18. The molecule has 0 aliphatic carbocycles. The number of hydrogen-bond acceptors (Lipinski definition) is 5. The Labute approximate surface area is 135 Å². The molecule has 0 unspecified atom stereocenters. The van der Waals surface area contributed by atoms with Gasteiger partial charge in [0.25, 0.3) is 0 Å². The van der Waals surface area contributed by atoms with Crippen molar-refractivity contribution < 1.29 is 9.53 Å². The SMILES string of the molecule is CC(=O)c1ccc(C#N)c(NCc2ccc(OC(C)C)nc2)c1. The minimum atomic E-state index is -0.0330. The summed E-state index contributed by atoms with van der Waals surface area (Å²) in [6.07, 6.45) is 1.81. The predicted octanol–water partition coefficient (Wildman–Crippen LogP) is 3.56. The van der Waals surface area contributed by atoms with Crippen LogP contribution in [0.2, 0.25) is 0 Å². The lowest BCUT2D eigenvalue weighted by Crippen LogP contribution is -2.07. The van der Waals surface area contributed by atoms with Crippen molar-refractivity contribution in [2.45, 2.75) is 33.4 Å². The Morgan fingerprint density at radius 1 is 1.35 bits per heavy atom.